The van der Waals surface area contributed by atoms with E-state index in [9.17, 15) is 9.90 Å². The molecular formula is C30H38FN3O3. The highest BCUT2D eigenvalue weighted by Crippen LogP contribution is 2.36. The summed E-state index contributed by atoms with van der Waals surface area (Å²) in [6.45, 7) is 2.92. The maximum Gasteiger partial charge on any atom is 0.303 e. The van der Waals surface area contributed by atoms with E-state index < -0.39 is 12.1 Å². The van der Waals surface area contributed by atoms with Crippen molar-refractivity contribution in [2.45, 2.75) is 57.5 Å². The van der Waals surface area contributed by atoms with Crippen LogP contribution in [0.25, 0.3) is 10.9 Å². The molecule has 6 nitrogen and oxygen atoms in total. The molecule has 1 aliphatic heterocycles. The Kier molecular flexibility index (Phi) is 9.83. The summed E-state index contributed by atoms with van der Waals surface area (Å²) in [6, 6.07) is 11.5. The van der Waals surface area contributed by atoms with Crippen molar-refractivity contribution in [2.24, 2.45) is 11.8 Å². The third-order valence-corrected chi connectivity index (χ3v) is 7.75. The summed E-state index contributed by atoms with van der Waals surface area (Å²) in [7, 11) is 1.61. The third kappa shape index (κ3) is 7.71. The van der Waals surface area contributed by atoms with Crippen molar-refractivity contribution in [1.82, 2.24) is 14.9 Å². The van der Waals surface area contributed by atoms with Gasteiger partial charge >= 0.3 is 5.97 Å². The number of unbranched alkanes of at least 4 members (excludes halogenated alkanes) is 1. The van der Waals surface area contributed by atoms with Gasteiger partial charge in [0.2, 0.25) is 0 Å². The molecule has 0 amide bonds. The van der Waals surface area contributed by atoms with E-state index in [-0.39, 0.29) is 12.3 Å². The zero-order valence-electron chi connectivity index (χ0n) is 21.7. The Bertz CT molecular complexity index is 1140. The number of aromatic nitrogens is 2. The summed E-state index contributed by atoms with van der Waals surface area (Å²) in [5, 5.41) is 10.1. The van der Waals surface area contributed by atoms with E-state index in [0.29, 0.717) is 30.1 Å². The van der Waals surface area contributed by atoms with Crippen LogP contribution in [0, 0.1) is 11.8 Å². The van der Waals surface area contributed by atoms with Gasteiger partial charge < -0.3 is 14.7 Å². The van der Waals surface area contributed by atoms with Crippen LogP contribution in [0.3, 0.4) is 0 Å². The second kappa shape index (κ2) is 13.5. The number of carboxylic acids is 1. The molecule has 3 atom stereocenters. The molecule has 1 fully saturated rings. The molecule has 1 aliphatic rings. The topological polar surface area (TPSA) is 75.5 Å². The second-order valence-corrected chi connectivity index (χ2v) is 10.2. The number of benzene rings is 1. The zero-order chi connectivity index (χ0) is 26.0. The monoisotopic (exact) mass is 507 g/mol. The van der Waals surface area contributed by atoms with Gasteiger partial charge in [-0.05, 0) is 117 Å². The van der Waals surface area contributed by atoms with Crippen LogP contribution in [0.5, 0.6) is 5.75 Å². The smallest absolute Gasteiger partial charge is 0.303 e. The lowest BCUT2D eigenvalue weighted by Crippen LogP contribution is -2.41. The van der Waals surface area contributed by atoms with Gasteiger partial charge in [-0.1, -0.05) is 0 Å². The number of halogens is 1. The second-order valence-electron chi connectivity index (χ2n) is 10.2. The van der Waals surface area contributed by atoms with Gasteiger partial charge in [0.1, 0.15) is 11.9 Å². The van der Waals surface area contributed by atoms with Crippen molar-refractivity contribution >= 4 is 16.9 Å². The average Bonchev–Trinajstić information content (AvgIpc) is 2.93. The van der Waals surface area contributed by atoms with Gasteiger partial charge in [0, 0.05) is 36.9 Å². The highest BCUT2D eigenvalue weighted by molar-refractivity contribution is 5.83. The number of aryl methyl sites for hydroxylation is 1. The van der Waals surface area contributed by atoms with Crippen molar-refractivity contribution in [2.75, 3.05) is 26.7 Å². The van der Waals surface area contributed by atoms with Crippen LogP contribution in [-0.2, 0) is 11.2 Å². The summed E-state index contributed by atoms with van der Waals surface area (Å²) in [5.74, 6) is 0.560. The van der Waals surface area contributed by atoms with Crippen LogP contribution in [-0.4, -0.2) is 52.7 Å². The average molecular weight is 508 g/mol. The fourth-order valence-corrected chi connectivity index (χ4v) is 5.65. The van der Waals surface area contributed by atoms with Gasteiger partial charge in [0.15, 0.2) is 0 Å². The van der Waals surface area contributed by atoms with Gasteiger partial charge in [0.25, 0.3) is 0 Å². The number of piperidine rings is 1. The van der Waals surface area contributed by atoms with Gasteiger partial charge in [-0.2, -0.15) is 0 Å². The van der Waals surface area contributed by atoms with E-state index >= 15 is 4.39 Å². The van der Waals surface area contributed by atoms with E-state index in [1.54, 1.807) is 19.4 Å². The predicted octanol–water partition coefficient (Wildman–Crippen LogP) is 6.26. The number of ether oxygens (including phenoxy) is 1. The van der Waals surface area contributed by atoms with Crippen LogP contribution in [0.4, 0.5) is 4.39 Å². The maximum atomic E-state index is 15.5. The van der Waals surface area contributed by atoms with E-state index in [1.807, 2.05) is 30.6 Å². The predicted molar refractivity (Wildman–Crippen MR) is 143 cm³/mol. The number of fused-ring (bicyclic) bond motifs is 1. The molecule has 0 radical (unpaired) electrons. The van der Waals surface area contributed by atoms with E-state index in [1.165, 1.54) is 5.56 Å². The summed E-state index contributed by atoms with van der Waals surface area (Å²) in [5.41, 5.74) is 2.73. The van der Waals surface area contributed by atoms with Crippen molar-refractivity contribution in [3.05, 3.63) is 66.1 Å². The highest BCUT2D eigenvalue weighted by Gasteiger charge is 2.30. The molecule has 198 valence electrons. The molecule has 3 aromatic rings. The van der Waals surface area contributed by atoms with Crippen LogP contribution >= 0.6 is 0 Å². The van der Waals surface area contributed by atoms with Crippen LogP contribution in [0.15, 0.2) is 55.0 Å². The van der Waals surface area contributed by atoms with Crippen LogP contribution in [0.2, 0.25) is 0 Å². The third-order valence-electron chi connectivity index (χ3n) is 7.75. The molecule has 1 N–H and O–H groups in total. The van der Waals surface area contributed by atoms with Crippen molar-refractivity contribution in [3.8, 4) is 5.75 Å². The highest BCUT2D eigenvalue weighted by atomic mass is 19.1. The number of hydrogen-bond acceptors (Lipinski definition) is 5. The Morgan fingerprint density at radius 3 is 2.76 bits per heavy atom. The molecule has 0 aliphatic carbocycles. The Hall–Kier alpha value is -3.06. The summed E-state index contributed by atoms with van der Waals surface area (Å²) >= 11 is 0. The molecule has 1 saturated heterocycles. The molecule has 0 bridgehead atoms. The van der Waals surface area contributed by atoms with Crippen molar-refractivity contribution < 1.29 is 19.0 Å². The molecule has 0 spiro atoms. The fourth-order valence-electron chi connectivity index (χ4n) is 5.65. The first kappa shape index (κ1) is 27.0. The minimum absolute atomic E-state index is 0.172. The van der Waals surface area contributed by atoms with Crippen LogP contribution < -0.4 is 4.74 Å². The maximum absolute atomic E-state index is 15.5. The fraction of sp³-hybridized carbons (Fsp3) is 0.500. The molecule has 2 unspecified atom stereocenters. The summed E-state index contributed by atoms with van der Waals surface area (Å²) in [4.78, 5) is 22.2. The number of alkyl halides is 1. The SMILES string of the molecule is COc1ccc2nccc([C@@H](F)CCC3CCN(CCCCc4ccncc4)CC3CCC(=O)O)c2c1. The molecule has 37 heavy (non-hydrogen) atoms. The first-order valence-corrected chi connectivity index (χ1v) is 13.4. The van der Waals surface area contributed by atoms with Gasteiger partial charge in [-0.3, -0.25) is 14.8 Å². The Labute approximate surface area is 218 Å². The molecule has 0 saturated carbocycles. The number of pyridine rings is 2. The van der Waals surface area contributed by atoms with E-state index in [4.69, 9.17) is 4.74 Å². The van der Waals surface area contributed by atoms with Crippen molar-refractivity contribution in [1.29, 1.82) is 0 Å². The quantitative estimate of drug-likeness (QED) is 0.276. The minimum atomic E-state index is -1.09. The minimum Gasteiger partial charge on any atom is -0.497 e. The molecule has 3 heterocycles. The molecule has 1 aromatic carbocycles. The van der Waals surface area contributed by atoms with Gasteiger partial charge in [0.05, 0.1) is 12.6 Å². The number of rotatable bonds is 13. The lowest BCUT2D eigenvalue weighted by Gasteiger charge is -2.39. The molecule has 7 heteroatoms. The number of nitrogens with zero attached hydrogens (tertiary/aromatic N) is 3. The number of methoxy groups -OCH3 is 1. The summed E-state index contributed by atoms with van der Waals surface area (Å²) < 4.78 is 20.9. The van der Waals surface area contributed by atoms with Crippen LogP contribution in [0.1, 0.15) is 62.2 Å². The normalized spacial score (nSPS) is 19.1. The van der Waals surface area contributed by atoms with E-state index in [2.05, 4.69) is 27.0 Å². The number of hydrogen-bond donors (Lipinski definition) is 1. The standard InChI is InChI=1S/C30H38FN3O3/c1-37-25-7-9-29-27(20-25)26(13-17-33-29)28(31)8-5-23-14-19-34(21-24(23)6-10-30(35)36)18-3-2-4-22-11-15-32-16-12-22/h7,9,11-13,15-17,20,23-24,28H,2-6,8,10,14,18-19,21H2,1H3,(H,35,36)/t23?,24?,28-/m0/s1. The molecule has 4 rings (SSSR count). The largest absolute Gasteiger partial charge is 0.497 e. The number of carbonyl (C=O) groups is 1. The Morgan fingerprint density at radius 1 is 1.14 bits per heavy atom. The number of likely N-dealkylation sites (tertiary alicyclic amines) is 1. The first-order chi connectivity index (χ1) is 18.0. The number of carboxylic acid groups (broad SMARTS) is 1. The van der Waals surface area contributed by atoms with E-state index in [0.717, 1.165) is 62.6 Å². The van der Waals surface area contributed by atoms with Crippen molar-refractivity contribution in [3.63, 3.8) is 0 Å². The Morgan fingerprint density at radius 2 is 1.97 bits per heavy atom. The number of aliphatic carboxylic acids is 1. The lowest BCUT2D eigenvalue weighted by molar-refractivity contribution is -0.137. The summed E-state index contributed by atoms with van der Waals surface area (Å²) in [6.07, 6.45) is 10.5. The van der Waals surface area contributed by atoms with Gasteiger partial charge in [-0.15, -0.1) is 0 Å². The van der Waals surface area contributed by atoms with Gasteiger partial charge in [-0.25, -0.2) is 4.39 Å². The molecular weight excluding hydrogens is 469 g/mol. The first-order valence-electron chi connectivity index (χ1n) is 13.4. The zero-order valence-corrected chi connectivity index (χ0v) is 21.7. The Balaban J connectivity index is 1.32. The lowest BCUT2D eigenvalue weighted by atomic mass is 9.79. The molecule has 2 aromatic heterocycles.